The minimum Gasteiger partial charge on any atom is -0.375 e. The van der Waals surface area contributed by atoms with Crippen LogP contribution in [0, 0.1) is 0 Å². The second kappa shape index (κ2) is 8.03. The van der Waals surface area contributed by atoms with Crippen LogP contribution in [-0.2, 0) is 22.4 Å². The summed E-state index contributed by atoms with van der Waals surface area (Å²) < 4.78 is 29.2. The Balaban J connectivity index is 5.06. The Morgan fingerprint density at radius 2 is 1.00 bits per heavy atom. The van der Waals surface area contributed by atoms with Gasteiger partial charge in [0.05, 0.1) is 0 Å². The third kappa shape index (κ3) is 6.17. The van der Waals surface area contributed by atoms with Crippen LogP contribution in [0.5, 0.6) is 0 Å². The Hall–Kier alpha value is 0.451. The molecule has 0 radical (unpaired) electrons. The summed E-state index contributed by atoms with van der Waals surface area (Å²) in [7, 11) is -6.93. The van der Waals surface area contributed by atoms with Gasteiger partial charge in [0.25, 0.3) is 0 Å². The van der Waals surface area contributed by atoms with Crippen molar-refractivity contribution in [2.45, 2.75) is 53.5 Å². The van der Waals surface area contributed by atoms with Crippen molar-refractivity contribution in [2.24, 2.45) is 0 Å². The van der Waals surface area contributed by atoms with Gasteiger partial charge in [-0.05, 0) is 53.5 Å². The third-order valence-corrected chi connectivity index (χ3v) is 12.9. The average Bonchev–Trinajstić information content (AvgIpc) is 2.26. The van der Waals surface area contributed by atoms with Gasteiger partial charge >= 0.3 is 16.2 Å². The van der Waals surface area contributed by atoms with Crippen LogP contribution in [0.3, 0.4) is 0 Å². The van der Waals surface area contributed by atoms with Crippen molar-refractivity contribution < 1.29 is 22.4 Å². The zero-order valence-electron chi connectivity index (χ0n) is 13.7. The summed E-state index contributed by atoms with van der Waals surface area (Å²) in [6, 6.07) is 0. The first-order chi connectivity index (χ1) is 8.64. The molecule has 0 aliphatic heterocycles. The van der Waals surface area contributed by atoms with Crippen molar-refractivity contribution >= 4 is 24.5 Å². The van der Waals surface area contributed by atoms with Crippen molar-refractivity contribution in [3.8, 4) is 0 Å². The van der Waals surface area contributed by atoms with E-state index in [2.05, 4.69) is 19.6 Å². The van der Waals surface area contributed by atoms with E-state index in [0.717, 1.165) is 0 Å². The molecular formula is C11H30O5Si3. The second-order valence-electron chi connectivity index (χ2n) is 5.64. The van der Waals surface area contributed by atoms with Crippen LogP contribution < -0.4 is 0 Å². The Bertz CT molecular complexity index is 238. The SMILES string of the molecule is CCO[Si](OCC)(OCC)[Si](C)(C)OO[Si](C)(C)C. The summed E-state index contributed by atoms with van der Waals surface area (Å²) in [5.74, 6) is 0. The molecule has 0 saturated heterocycles. The van der Waals surface area contributed by atoms with Crippen LogP contribution in [0.4, 0.5) is 0 Å². The van der Waals surface area contributed by atoms with Crippen LogP contribution in [0.15, 0.2) is 0 Å². The molecule has 0 unspecified atom stereocenters. The molecule has 116 valence electrons. The maximum absolute atomic E-state index is 5.91. The highest BCUT2D eigenvalue weighted by atomic mass is 29.3. The molecule has 5 nitrogen and oxygen atoms in total. The minimum absolute atomic E-state index is 0.555. The summed E-state index contributed by atoms with van der Waals surface area (Å²) in [5.41, 5.74) is 0. The molecule has 0 N–H and O–H groups in total. The predicted octanol–water partition coefficient (Wildman–Crippen LogP) is 3.10. The van der Waals surface area contributed by atoms with E-state index in [9.17, 15) is 0 Å². The van der Waals surface area contributed by atoms with Crippen molar-refractivity contribution in [1.29, 1.82) is 0 Å². The highest BCUT2D eigenvalue weighted by Crippen LogP contribution is 2.26. The van der Waals surface area contributed by atoms with Gasteiger partial charge in [0.15, 0.2) is 0 Å². The van der Waals surface area contributed by atoms with Crippen LogP contribution in [-0.4, -0.2) is 44.3 Å². The fourth-order valence-electron chi connectivity index (χ4n) is 1.50. The largest absolute Gasteiger partial charge is 0.507 e. The van der Waals surface area contributed by atoms with E-state index < -0.39 is 24.5 Å². The van der Waals surface area contributed by atoms with Gasteiger partial charge in [-0.1, -0.05) is 0 Å². The van der Waals surface area contributed by atoms with Crippen molar-refractivity contribution in [3.05, 3.63) is 0 Å². The van der Waals surface area contributed by atoms with Gasteiger partial charge in [0.2, 0.25) is 8.32 Å². The van der Waals surface area contributed by atoms with E-state index in [-0.39, 0.29) is 0 Å². The van der Waals surface area contributed by atoms with Crippen molar-refractivity contribution in [3.63, 3.8) is 0 Å². The molecule has 0 saturated carbocycles. The van der Waals surface area contributed by atoms with E-state index >= 15 is 0 Å². The molecule has 0 amide bonds. The summed E-state index contributed by atoms with van der Waals surface area (Å²) >= 11 is 0. The fraction of sp³-hybridized carbons (Fsp3) is 1.00. The quantitative estimate of drug-likeness (QED) is 0.351. The highest BCUT2D eigenvalue weighted by Gasteiger charge is 2.61. The molecule has 0 atom stereocenters. The lowest BCUT2D eigenvalue weighted by molar-refractivity contribution is -0.125. The zero-order chi connectivity index (χ0) is 15.2. The van der Waals surface area contributed by atoms with Gasteiger partial charge in [-0.25, -0.2) is 0 Å². The highest BCUT2D eigenvalue weighted by molar-refractivity contribution is 7.31. The lowest BCUT2D eigenvalue weighted by Gasteiger charge is -2.38. The first kappa shape index (κ1) is 19.5. The Morgan fingerprint density at radius 3 is 1.26 bits per heavy atom. The van der Waals surface area contributed by atoms with Gasteiger partial charge in [0.1, 0.15) is 0 Å². The van der Waals surface area contributed by atoms with Crippen LogP contribution in [0.2, 0.25) is 32.7 Å². The minimum atomic E-state index is -2.81. The van der Waals surface area contributed by atoms with Gasteiger partial charge in [-0.15, -0.1) is 0 Å². The van der Waals surface area contributed by atoms with Gasteiger partial charge in [-0.2, -0.15) is 0 Å². The fourth-order valence-corrected chi connectivity index (χ4v) is 11.0. The third-order valence-electron chi connectivity index (χ3n) is 2.24. The van der Waals surface area contributed by atoms with Crippen molar-refractivity contribution in [1.82, 2.24) is 0 Å². The topological polar surface area (TPSA) is 46.2 Å². The predicted molar refractivity (Wildman–Crippen MR) is 83.6 cm³/mol. The summed E-state index contributed by atoms with van der Waals surface area (Å²) in [6.07, 6.45) is 0. The number of hydrogen-bond donors (Lipinski definition) is 0. The molecule has 0 fully saturated rings. The monoisotopic (exact) mass is 326 g/mol. The number of hydrogen-bond acceptors (Lipinski definition) is 5. The molecule has 0 aliphatic rings. The first-order valence-corrected chi connectivity index (χ1v) is 16.0. The first-order valence-electron chi connectivity index (χ1n) is 6.92. The standard InChI is InChI=1S/C11H30O5Si3/c1-9-12-19(13-10-2,14-11-3)18(7,8)16-15-17(4,5)6/h9-11H2,1-8H3. The summed E-state index contributed by atoms with van der Waals surface area (Å²) in [4.78, 5) is 0. The maximum atomic E-state index is 5.91. The van der Waals surface area contributed by atoms with Crippen molar-refractivity contribution in [2.75, 3.05) is 19.8 Å². The normalized spacial score (nSPS) is 13.9. The summed E-state index contributed by atoms with van der Waals surface area (Å²) in [5, 5.41) is 0. The molecule has 0 aliphatic carbocycles. The van der Waals surface area contributed by atoms with E-state index in [1.807, 2.05) is 33.9 Å². The smallest absolute Gasteiger partial charge is 0.375 e. The molecule has 0 aromatic heterocycles. The van der Waals surface area contributed by atoms with Crippen LogP contribution in [0.25, 0.3) is 0 Å². The molecule has 0 rings (SSSR count). The number of rotatable bonds is 10. The average molecular weight is 327 g/mol. The zero-order valence-corrected chi connectivity index (χ0v) is 16.7. The Morgan fingerprint density at radius 1 is 0.632 bits per heavy atom. The van der Waals surface area contributed by atoms with Crippen LogP contribution in [0.1, 0.15) is 20.8 Å². The van der Waals surface area contributed by atoms with Gasteiger partial charge < -0.3 is 13.3 Å². The molecule has 0 spiro atoms. The van der Waals surface area contributed by atoms with E-state index in [4.69, 9.17) is 22.4 Å². The van der Waals surface area contributed by atoms with Gasteiger partial charge in [-0.3, -0.25) is 9.15 Å². The van der Waals surface area contributed by atoms with Gasteiger partial charge in [0, 0.05) is 19.8 Å². The molecular weight excluding hydrogens is 296 g/mol. The molecule has 0 heterocycles. The molecule has 8 heteroatoms. The lowest BCUT2D eigenvalue weighted by Crippen LogP contribution is -2.68. The van der Waals surface area contributed by atoms with E-state index in [1.165, 1.54) is 0 Å². The molecule has 19 heavy (non-hydrogen) atoms. The molecule has 0 bridgehead atoms. The van der Waals surface area contributed by atoms with E-state index in [0.29, 0.717) is 19.8 Å². The second-order valence-corrected chi connectivity index (χ2v) is 20.7. The lowest BCUT2D eigenvalue weighted by atomic mass is 10.9. The Kier molecular flexibility index (Phi) is 8.22. The van der Waals surface area contributed by atoms with Crippen LogP contribution >= 0.6 is 0 Å². The molecule has 0 aromatic carbocycles. The molecule has 0 aromatic rings. The Labute approximate surface area is 120 Å². The van der Waals surface area contributed by atoms with E-state index in [1.54, 1.807) is 0 Å². The maximum Gasteiger partial charge on any atom is 0.507 e. The summed E-state index contributed by atoms with van der Waals surface area (Å²) in [6.45, 7) is 17.8.